The van der Waals surface area contributed by atoms with Crippen LogP contribution in [0, 0.1) is 0 Å². The molecule has 11 rings (SSSR count). The van der Waals surface area contributed by atoms with Crippen LogP contribution in [0.4, 0.5) is 17.1 Å². The Labute approximate surface area is 322 Å². The van der Waals surface area contributed by atoms with Crippen LogP contribution in [0.1, 0.15) is 0 Å². The van der Waals surface area contributed by atoms with Crippen LogP contribution < -0.4 is 4.90 Å². The summed E-state index contributed by atoms with van der Waals surface area (Å²) in [5.41, 5.74) is 11.9. The Morgan fingerprint density at radius 3 is 1.67 bits per heavy atom. The number of benzene rings is 9. The van der Waals surface area contributed by atoms with Crippen molar-refractivity contribution in [1.82, 2.24) is 0 Å². The standard InChI is InChI=1S/C52H33NOS/c1-3-14-35(15-4-1)46-30-37(41-23-13-19-34-18-7-8-20-40(34)41)31-47(36-16-5-2-6-17-36)52(46)53(38-26-28-43-42-21-9-11-24-48(42)54-49(43)32-38)39-27-29-45-44-22-10-12-25-50(44)55-51(45)33-39/h1-33H. The van der Waals surface area contributed by atoms with Crippen LogP contribution in [0.3, 0.4) is 0 Å². The fourth-order valence-corrected chi connectivity index (χ4v) is 9.44. The summed E-state index contributed by atoms with van der Waals surface area (Å²) in [6.45, 7) is 0. The molecule has 3 heteroatoms. The Morgan fingerprint density at radius 1 is 0.345 bits per heavy atom. The van der Waals surface area contributed by atoms with Crippen LogP contribution in [0.15, 0.2) is 205 Å². The summed E-state index contributed by atoms with van der Waals surface area (Å²) in [5.74, 6) is 0. The highest BCUT2D eigenvalue weighted by atomic mass is 32.1. The molecule has 258 valence electrons. The van der Waals surface area contributed by atoms with Gasteiger partial charge in [-0.1, -0.05) is 146 Å². The average molecular weight is 720 g/mol. The average Bonchev–Trinajstić information content (AvgIpc) is 3.82. The Kier molecular flexibility index (Phi) is 7.39. The van der Waals surface area contributed by atoms with Gasteiger partial charge in [-0.2, -0.15) is 0 Å². The van der Waals surface area contributed by atoms with Crippen molar-refractivity contribution in [2.75, 3.05) is 4.90 Å². The summed E-state index contributed by atoms with van der Waals surface area (Å²) in [4.78, 5) is 2.45. The molecule has 2 nitrogen and oxygen atoms in total. The Balaban J connectivity index is 1.26. The zero-order valence-electron chi connectivity index (χ0n) is 29.8. The smallest absolute Gasteiger partial charge is 0.137 e. The maximum atomic E-state index is 6.55. The first-order valence-electron chi connectivity index (χ1n) is 18.7. The van der Waals surface area contributed by atoms with Crippen molar-refractivity contribution >= 4 is 81.3 Å². The van der Waals surface area contributed by atoms with Crippen molar-refractivity contribution in [3.63, 3.8) is 0 Å². The second-order valence-corrected chi connectivity index (χ2v) is 15.2. The van der Waals surface area contributed by atoms with Crippen molar-refractivity contribution < 1.29 is 4.42 Å². The predicted molar refractivity (Wildman–Crippen MR) is 235 cm³/mol. The molecule has 0 radical (unpaired) electrons. The van der Waals surface area contributed by atoms with Gasteiger partial charge in [-0.3, -0.25) is 0 Å². The minimum Gasteiger partial charge on any atom is -0.456 e. The zero-order valence-corrected chi connectivity index (χ0v) is 30.6. The number of hydrogen-bond donors (Lipinski definition) is 0. The number of para-hydroxylation sites is 1. The largest absolute Gasteiger partial charge is 0.456 e. The molecular weight excluding hydrogens is 687 g/mol. The minimum absolute atomic E-state index is 0.863. The van der Waals surface area contributed by atoms with Crippen molar-refractivity contribution in [3.8, 4) is 33.4 Å². The van der Waals surface area contributed by atoms with Crippen LogP contribution in [0.25, 0.3) is 86.3 Å². The van der Waals surface area contributed by atoms with Crippen molar-refractivity contribution in [2.24, 2.45) is 0 Å². The van der Waals surface area contributed by atoms with E-state index in [4.69, 9.17) is 4.42 Å². The number of hydrogen-bond acceptors (Lipinski definition) is 3. The Hall–Kier alpha value is -6.94. The summed E-state index contributed by atoms with van der Waals surface area (Å²) >= 11 is 1.85. The molecule has 0 N–H and O–H groups in total. The number of nitrogens with zero attached hydrogens (tertiary/aromatic N) is 1. The van der Waals surface area contributed by atoms with Crippen LogP contribution in [-0.4, -0.2) is 0 Å². The summed E-state index contributed by atoms with van der Waals surface area (Å²) < 4.78 is 9.09. The van der Waals surface area contributed by atoms with Crippen molar-refractivity contribution in [3.05, 3.63) is 200 Å². The Morgan fingerprint density at radius 2 is 0.909 bits per heavy atom. The third kappa shape index (κ3) is 5.32. The molecule has 0 spiro atoms. The van der Waals surface area contributed by atoms with E-state index >= 15 is 0 Å². The molecule has 0 unspecified atom stereocenters. The molecule has 0 saturated heterocycles. The summed E-state index contributed by atoms with van der Waals surface area (Å²) in [6.07, 6.45) is 0. The SMILES string of the molecule is c1ccc(-c2cc(-c3cccc4ccccc34)cc(-c3ccccc3)c2N(c2ccc3c(c2)oc2ccccc23)c2ccc3c(c2)sc2ccccc23)cc1. The highest BCUT2D eigenvalue weighted by Crippen LogP contribution is 2.51. The number of rotatable bonds is 6. The highest BCUT2D eigenvalue weighted by molar-refractivity contribution is 7.25. The van der Waals surface area contributed by atoms with Gasteiger partial charge in [0.1, 0.15) is 11.2 Å². The lowest BCUT2D eigenvalue weighted by atomic mass is 9.88. The first-order valence-corrected chi connectivity index (χ1v) is 19.5. The molecule has 0 atom stereocenters. The van der Waals surface area contributed by atoms with Gasteiger partial charge in [0.25, 0.3) is 0 Å². The fourth-order valence-electron chi connectivity index (χ4n) is 8.30. The van der Waals surface area contributed by atoms with Gasteiger partial charge in [-0.05, 0) is 81.6 Å². The quantitative estimate of drug-likeness (QED) is 0.170. The van der Waals surface area contributed by atoms with E-state index in [0.29, 0.717) is 0 Å². The van der Waals surface area contributed by atoms with E-state index in [1.165, 1.54) is 42.1 Å². The molecule has 0 aliphatic heterocycles. The lowest BCUT2D eigenvalue weighted by Crippen LogP contribution is -2.13. The van der Waals surface area contributed by atoms with Gasteiger partial charge in [0.15, 0.2) is 0 Å². The molecule has 11 aromatic rings. The van der Waals surface area contributed by atoms with Crippen molar-refractivity contribution in [2.45, 2.75) is 0 Å². The molecule has 0 aliphatic carbocycles. The van der Waals surface area contributed by atoms with Crippen molar-refractivity contribution in [1.29, 1.82) is 0 Å². The molecule has 2 heterocycles. The maximum absolute atomic E-state index is 6.55. The topological polar surface area (TPSA) is 16.4 Å². The van der Waals surface area contributed by atoms with E-state index in [1.54, 1.807) is 0 Å². The highest BCUT2D eigenvalue weighted by Gasteiger charge is 2.25. The van der Waals surface area contributed by atoms with E-state index in [2.05, 4.69) is 199 Å². The number of furan rings is 1. The van der Waals surface area contributed by atoms with Gasteiger partial charge in [0.05, 0.1) is 5.69 Å². The van der Waals surface area contributed by atoms with Gasteiger partial charge < -0.3 is 9.32 Å². The molecule has 0 saturated carbocycles. The zero-order chi connectivity index (χ0) is 36.3. The maximum Gasteiger partial charge on any atom is 0.137 e. The number of fused-ring (bicyclic) bond motifs is 7. The molecular formula is C52H33NOS. The fraction of sp³-hybridized carbons (Fsp3) is 0. The number of anilines is 3. The monoisotopic (exact) mass is 719 g/mol. The second-order valence-electron chi connectivity index (χ2n) is 14.1. The first kappa shape index (κ1) is 31.6. The second kappa shape index (κ2) is 12.9. The predicted octanol–water partition coefficient (Wildman–Crippen LogP) is 15.6. The third-order valence-electron chi connectivity index (χ3n) is 10.8. The molecule has 0 aliphatic rings. The lowest BCUT2D eigenvalue weighted by molar-refractivity contribution is 0.669. The summed E-state index contributed by atoms with van der Waals surface area (Å²) in [7, 11) is 0. The summed E-state index contributed by atoms with van der Waals surface area (Å²) in [6, 6.07) is 72.4. The van der Waals surface area contributed by atoms with Gasteiger partial charge in [0.2, 0.25) is 0 Å². The van der Waals surface area contributed by atoms with Crippen LogP contribution >= 0.6 is 11.3 Å². The van der Waals surface area contributed by atoms with E-state index < -0.39 is 0 Å². The first-order chi connectivity index (χ1) is 27.3. The molecule has 0 bridgehead atoms. The van der Waals surface area contributed by atoms with Gasteiger partial charge in [-0.15, -0.1) is 11.3 Å². The normalized spacial score (nSPS) is 11.6. The minimum atomic E-state index is 0.863. The van der Waals surface area contributed by atoms with E-state index in [0.717, 1.165) is 61.3 Å². The van der Waals surface area contributed by atoms with Gasteiger partial charge in [-0.25, -0.2) is 0 Å². The third-order valence-corrected chi connectivity index (χ3v) is 12.0. The van der Waals surface area contributed by atoms with E-state index in [1.807, 2.05) is 17.4 Å². The van der Waals surface area contributed by atoms with Gasteiger partial charge in [0, 0.05) is 59.5 Å². The molecule has 2 aromatic heterocycles. The summed E-state index contributed by atoms with van der Waals surface area (Å²) in [5, 5.41) is 7.25. The van der Waals surface area contributed by atoms with Gasteiger partial charge >= 0.3 is 0 Å². The molecule has 55 heavy (non-hydrogen) atoms. The lowest BCUT2D eigenvalue weighted by Gasteiger charge is -2.31. The molecule has 0 amide bonds. The van der Waals surface area contributed by atoms with Crippen LogP contribution in [-0.2, 0) is 0 Å². The molecule has 9 aromatic carbocycles. The van der Waals surface area contributed by atoms with E-state index in [9.17, 15) is 0 Å². The van der Waals surface area contributed by atoms with E-state index in [-0.39, 0.29) is 0 Å². The van der Waals surface area contributed by atoms with Crippen LogP contribution in [0.5, 0.6) is 0 Å². The van der Waals surface area contributed by atoms with Crippen LogP contribution in [0.2, 0.25) is 0 Å². The number of thiophene rings is 1. The Bertz CT molecular complexity index is 3030. The molecule has 0 fully saturated rings.